The molecule has 0 aliphatic heterocycles. The number of nitrogens with one attached hydrogen (secondary N) is 1. The van der Waals surface area contributed by atoms with E-state index in [1.165, 1.54) is 19.3 Å². The second kappa shape index (κ2) is 6.74. The Hall–Kier alpha value is -0.770. The highest BCUT2D eigenvalue weighted by molar-refractivity contribution is 5.74. The molecular formula is C12H25N3O. The third kappa shape index (κ3) is 4.00. The number of carbonyl (C=O) groups excluding carboxylic acids is 1. The molecule has 16 heavy (non-hydrogen) atoms. The summed E-state index contributed by atoms with van der Waals surface area (Å²) in [4.78, 5) is 13.8. The number of nitrogens with two attached hydrogens (primary N) is 1. The zero-order valence-corrected chi connectivity index (χ0v) is 10.5. The number of urea groups is 1. The van der Waals surface area contributed by atoms with Crippen molar-refractivity contribution in [1.82, 2.24) is 10.2 Å². The first-order chi connectivity index (χ1) is 7.65. The van der Waals surface area contributed by atoms with Crippen LogP contribution in [0.3, 0.4) is 0 Å². The molecule has 3 N–H and O–H groups in total. The van der Waals surface area contributed by atoms with Crippen molar-refractivity contribution < 1.29 is 4.79 Å². The van der Waals surface area contributed by atoms with Crippen LogP contribution in [-0.2, 0) is 0 Å². The zero-order chi connectivity index (χ0) is 12.0. The molecule has 1 saturated carbocycles. The number of hydrogen-bond acceptors (Lipinski definition) is 2. The molecule has 0 bridgehead atoms. The first-order valence-corrected chi connectivity index (χ1v) is 6.42. The zero-order valence-electron chi connectivity index (χ0n) is 10.5. The van der Waals surface area contributed by atoms with Crippen LogP contribution in [0.2, 0.25) is 0 Å². The second-order valence-electron chi connectivity index (χ2n) is 4.86. The van der Waals surface area contributed by atoms with Gasteiger partial charge in [0.15, 0.2) is 0 Å². The molecule has 4 heteroatoms. The Morgan fingerprint density at radius 3 is 2.50 bits per heavy atom. The van der Waals surface area contributed by atoms with Crippen LogP contribution in [0.4, 0.5) is 4.79 Å². The Balaban J connectivity index is 2.40. The molecule has 0 atom stereocenters. The van der Waals surface area contributed by atoms with Crippen molar-refractivity contribution in [2.75, 3.05) is 13.1 Å². The summed E-state index contributed by atoms with van der Waals surface area (Å²) < 4.78 is 0. The van der Waals surface area contributed by atoms with E-state index in [1.807, 2.05) is 18.7 Å². The number of amides is 2. The van der Waals surface area contributed by atoms with Gasteiger partial charge in [0.2, 0.25) is 0 Å². The van der Waals surface area contributed by atoms with Gasteiger partial charge in [-0.3, -0.25) is 0 Å². The molecule has 0 saturated heterocycles. The molecule has 0 heterocycles. The monoisotopic (exact) mass is 227 g/mol. The predicted molar refractivity (Wildman–Crippen MR) is 66.3 cm³/mol. The standard InChI is InChI=1S/C12H25N3O/c1-10(2)15(9-8-13)12(16)14-11-6-4-3-5-7-11/h10-11H,3-9,13H2,1-2H3,(H,14,16). The Bertz CT molecular complexity index is 212. The van der Waals surface area contributed by atoms with E-state index in [9.17, 15) is 4.79 Å². The molecule has 1 aliphatic rings. The van der Waals surface area contributed by atoms with Gasteiger partial charge in [-0.15, -0.1) is 0 Å². The molecule has 0 aromatic heterocycles. The number of nitrogens with zero attached hydrogens (tertiary/aromatic N) is 1. The normalized spacial score (nSPS) is 17.5. The van der Waals surface area contributed by atoms with Crippen LogP contribution in [-0.4, -0.2) is 36.1 Å². The van der Waals surface area contributed by atoms with Crippen molar-refractivity contribution in [2.24, 2.45) is 5.73 Å². The maximum atomic E-state index is 12.0. The van der Waals surface area contributed by atoms with Crippen molar-refractivity contribution in [3.8, 4) is 0 Å². The van der Waals surface area contributed by atoms with Gasteiger partial charge in [0.05, 0.1) is 0 Å². The Morgan fingerprint density at radius 2 is 2.00 bits per heavy atom. The second-order valence-corrected chi connectivity index (χ2v) is 4.86. The first kappa shape index (κ1) is 13.3. The fourth-order valence-corrected chi connectivity index (χ4v) is 2.24. The van der Waals surface area contributed by atoms with Gasteiger partial charge >= 0.3 is 6.03 Å². The fourth-order valence-electron chi connectivity index (χ4n) is 2.24. The largest absolute Gasteiger partial charge is 0.335 e. The van der Waals surface area contributed by atoms with Gasteiger partial charge in [-0.1, -0.05) is 19.3 Å². The molecule has 0 radical (unpaired) electrons. The van der Waals surface area contributed by atoms with Crippen LogP contribution < -0.4 is 11.1 Å². The van der Waals surface area contributed by atoms with Crippen molar-refractivity contribution in [3.63, 3.8) is 0 Å². The molecule has 2 amide bonds. The van der Waals surface area contributed by atoms with E-state index in [4.69, 9.17) is 5.73 Å². The third-order valence-electron chi connectivity index (χ3n) is 3.19. The maximum Gasteiger partial charge on any atom is 0.317 e. The summed E-state index contributed by atoms with van der Waals surface area (Å²) in [5.41, 5.74) is 5.52. The van der Waals surface area contributed by atoms with E-state index in [-0.39, 0.29) is 12.1 Å². The summed E-state index contributed by atoms with van der Waals surface area (Å²) in [6, 6.07) is 0.639. The molecule has 1 aliphatic carbocycles. The molecule has 1 rings (SSSR count). The lowest BCUT2D eigenvalue weighted by atomic mass is 9.96. The van der Waals surface area contributed by atoms with E-state index in [1.54, 1.807) is 0 Å². The Kier molecular flexibility index (Phi) is 5.60. The van der Waals surface area contributed by atoms with Crippen LogP contribution in [0.15, 0.2) is 0 Å². The molecule has 0 aromatic rings. The van der Waals surface area contributed by atoms with Crippen LogP contribution in [0, 0.1) is 0 Å². The Labute approximate surface area is 98.6 Å². The molecule has 0 aromatic carbocycles. The quantitative estimate of drug-likeness (QED) is 0.768. The third-order valence-corrected chi connectivity index (χ3v) is 3.19. The minimum atomic E-state index is 0.0485. The van der Waals surface area contributed by atoms with Gasteiger partial charge in [-0.25, -0.2) is 4.79 Å². The molecule has 94 valence electrons. The maximum absolute atomic E-state index is 12.0. The minimum absolute atomic E-state index is 0.0485. The van der Waals surface area contributed by atoms with Crippen LogP contribution in [0.5, 0.6) is 0 Å². The molecular weight excluding hydrogens is 202 g/mol. The van der Waals surface area contributed by atoms with Gasteiger partial charge in [0, 0.05) is 25.2 Å². The van der Waals surface area contributed by atoms with E-state index >= 15 is 0 Å². The van der Waals surface area contributed by atoms with Crippen molar-refractivity contribution in [3.05, 3.63) is 0 Å². The summed E-state index contributed by atoms with van der Waals surface area (Å²) in [5.74, 6) is 0. The number of carbonyl (C=O) groups is 1. The van der Waals surface area contributed by atoms with Crippen molar-refractivity contribution in [2.45, 2.75) is 58.0 Å². The molecule has 1 fully saturated rings. The van der Waals surface area contributed by atoms with Crippen LogP contribution in [0.25, 0.3) is 0 Å². The van der Waals surface area contributed by atoms with Gasteiger partial charge in [-0.2, -0.15) is 0 Å². The fraction of sp³-hybridized carbons (Fsp3) is 0.917. The summed E-state index contributed by atoms with van der Waals surface area (Å²) >= 11 is 0. The highest BCUT2D eigenvalue weighted by atomic mass is 16.2. The minimum Gasteiger partial charge on any atom is -0.335 e. The van der Waals surface area contributed by atoms with Gasteiger partial charge < -0.3 is 16.0 Å². The van der Waals surface area contributed by atoms with E-state index in [0.717, 1.165) is 12.8 Å². The lowest BCUT2D eigenvalue weighted by molar-refractivity contribution is 0.178. The van der Waals surface area contributed by atoms with E-state index in [0.29, 0.717) is 19.1 Å². The van der Waals surface area contributed by atoms with E-state index in [2.05, 4.69) is 5.32 Å². The van der Waals surface area contributed by atoms with Gasteiger partial charge in [0.25, 0.3) is 0 Å². The van der Waals surface area contributed by atoms with Crippen molar-refractivity contribution in [1.29, 1.82) is 0 Å². The van der Waals surface area contributed by atoms with Crippen molar-refractivity contribution >= 4 is 6.03 Å². The average molecular weight is 227 g/mol. The lowest BCUT2D eigenvalue weighted by Crippen LogP contribution is -2.49. The lowest BCUT2D eigenvalue weighted by Gasteiger charge is -2.30. The molecule has 0 unspecified atom stereocenters. The topological polar surface area (TPSA) is 58.4 Å². The Morgan fingerprint density at radius 1 is 1.38 bits per heavy atom. The smallest absolute Gasteiger partial charge is 0.317 e. The summed E-state index contributed by atoms with van der Waals surface area (Å²) in [5, 5.41) is 3.12. The first-order valence-electron chi connectivity index (χ1n) is 6.42. The number of hydrogen-bond donors (Lipinski definition) is 2. The van der Waals surface area contributed by atoms with Gasteiger partial charge in [0.1, 0.15) is 0 Å². The predicted octanol–water partition coefficient (Wildman–Crippen LogP) is 1.70. The molecule has 4 nitrogen and oxygen atoms in total. The van der Waals surface area contributed by atoms with E-state index < -0.39 is 0 Å². The highest BCUT2D eigenvalue weighted by Crippen LogP contribution is 2.17. The van der Waals surface area contributed by atoms with Gasteiger partial charge in [-0.05, 0) is 26.7 Å². The summed E-state index contributed by atoms with van der Waals surface area (Å²) in [6.07, 6.45) is 6.04. The van der Waals surface area contributed by atoms with Crippen LogP contribution in [0.1, 0.15) is 46.0 Å². The summed E-state index contributed by atoms with van der Waals surface area (Å²) in [6.45, 7) is 5.21. The summed E-state index contributed by atoms with van der Waals surface area (Å²) in [7, 11) is 0. The highest BCUT2D eigenvalue weighted by Gasteiger charge is 2.20. The average Bonchev–Trinajstić information content (AvgIpc) is 2.26. The van der Waals surface area contributed by atoms with Crippen LogP contribution >= 0.6 is 0 Å². The SMILES string of the molecule is CC(C)N(CCN)C(=O)NC1CCCCC1. The molecule has 0 spiro atoms. The number of rotatable bonds is 4.